The standard InChI is InChI=1S/C35H33F3N3O3P/c1-23(39-17-16-33(42)45-3)26-12-14-30-29(19-26)40-34(41(30)21-25-10-7-11-28(18-25)35(36,37)38)27-13-15-31(32(20-27)43-2)44-22-24-8-5-4-6-9-24/h4-15,18-20,39,45H,1,16-17,21-22H2,2-3H3. The van der Waals surface area contributed by atoms with Gasteiger partial charge in [-0.25, -0.2) is 4.98 Å². The second-order valence-electron chi connectivity index (χ2n) is 10.4. The summed E-state index contributed by atoms with van der Waals surface area (Å²) in [5.41, 5.74) is 4.52. The van der Waals surface area contributed by atoms with Gasteiger partial charge in [0.25, 0.3) is 0 Å². The maximum absolute atomic E-state index is 13.5. The fourth-order valence-electron chi connectivity index (χ4n) is 4.94. The highest BCUT2D eigenvalue weighted by atomic mass is 31.1. The Kier molecular flexibility index (Phi) is 9.89. The number of benzene rings is 4. The number of carbonyl (C=O) groups excluding carboxylic acids is 1. The van der Waals surface area contributed by atoms with Gasteiger partial charge in [-0.2, -0.15) is 13.2 Å². The lowest BCUT2D eigenvalue weighted by molar-refractivity contribution is -0.137. The van der Waals surface area contributed by atoms with Crippen LogP contribution in [0.1, 0.15) is 28.7 Å². The molecule has 1 heterocycles. The topological polar surface area (TPSA) is 65.4 Å². The van der Waals surface area contributed by atoms with Gasteiger partial charge in [0.15, 0.2) is 17.0 Å². The van der Waals surface area contributed by atoms with Crippen LogP contribution in [0.25, 0.3) is 28.1 Å². The van der Waals surface area contributed by atoms with Crippen LogP contribution in [0.15, 0.2) is 97.6 Å². The SMILES string of the molecule is C=C(NCCC(=O)PC)c1ccc2c(c1)nc(-c1ccc(OCc3ccccc3)c(OC)c1)n2Cc1cccc(C(F)(F)F)c1. The average Bonchev–Trinajstić information content (AvgIpc) is 3.41. The highest BCUT2D eigenvalue weighted by Crippen LogP contribution is 2.36. The van der Waals surface area contributed by atoms with E-state index in [1.807, 2.05) is 71.9 Å². The van der Waals surface area contributed by atoms with Gasteiger partial charge >= 0.3 is 6.18 Å². The van der Waals surface area contributed by atoms with E-state index in [4.69, 9.17) is 14.5 Å². The number of nitrogens with zero attached hydrogens (tertiary/aromatic N) is 2. The summed E-state index contributed by atoms with van der Waals surface area (Å²) in [6.45, 7) is 6.97. The van der Waals surface area contributed by atoms with E-state index in [0.717, 1.165) is 28.8 Å². The molecule has 4 aromatic carbocycles. The molecule has 0 saturated heterocycles. The zero-order valence-electron chi connectivity index (χ0n) is 24.9. The summed E-state index contributed by atoms with van der Waals surface area (Å²) in [7, 11) is 1.80. The maximum atomic E-state index is 13.5. The summed E-state index contributed by atoms with van der Waals surface area (Å²) >= 11 is 0. The molecular formula is C35H33F3N3O3P. The van der Waals surface area contributed by atoms with E-state index in [9.17, 15) is 18.0 Å². The van der Waals surface area contributed by atoms with Crippen molar-refractivity contribution in [3.05, 3.63) is 120 Å². The lowest BCUT2D eigenvalue weighted by Gasteiger charge is -2.15. The Bertz CT molecular complexity index is 1820. The molecule has 1 atom stereocenters. The minimum atomic E-state index is -4.46. The number of alkyl halides is 3. The summed E-state index contributed by atoms with van der Waals surface area (Å²) in [4.78, 5) is 16.7. The van der Waals surface area contributed by atoms with Gasteiger partial charge in [0.05, 0.1) is 23.7 Å². The van der Waals surface area contributed by atoms with Crippen LogP contribution in [0.3, 0.4) is 0 Å². The van der Waals surface area contributed by atoms with Gasteiger partial charge in [-0.05, 0) is 65.8 Å². The number of hydrogen-bond donors (Lipinski definition) is 1. The number of methoxy groups -OCH3 is 1. The number of ether oxygens (including phenoxy) is 2. The zero-order valence-corrected chi connectivity index (χ0v) is 25.9. The van der Waals surface area contributed by atoms with Crippen LogP contribution in [-0.2, 0) is 24.1 Å². The highest BCUT2D eigenvalue weighted by Gasteiger charge is 2.30. The summed E-state index contributed by atoms with van der Waals surface area (Å²) in [5.74, 6) is 1.61. The third-order valence-electron chi connectivity index (χ3n) is 7.32. The van der Waals surface area contributed by atoms with Crippen molar-refractivity contribution < 1.29 is 27.4 Å². The Morgan fingerprint density at radius 1 is 0.956 bits per heavy atom. The molecule has 5 rings (SSSR count). The largest absolute Gasteiger partial charge is 0.493 e. The normalized spacial score (nSPS) is 11.7. The summed E-state index contributed by atoms with van der Waals surface area (Å²) in [6, 6.07) is 26.2. The van der Waals surface area contributed by atoms with Crippen molar-refractivity contribution in [2.75, 3.05) is 20.3 Å². The molecule has 45 heavy (non-hydrogen) atoms. The van der Waals surface area contributed by atoms with Crippen LogP contribution in [-0.4, -0.2) is 35.4 Å². The van der Waals surface area contributed by atoms with Crippen molar-refractivity contribution in [1.82, 2.24) is 14.9 Å². The Balaban J connectivity index is 1.52. The smallest absolute Gasteiger partial charge is 0.416 e. The van der Waals surface area contributed by atoms with Crippen molar-refractivity contribution in [3.63, 3.8) is 0 Å². The molecule has 10 heteroatoms. The van der Waals surface area contributed by atoms with Crippen LogP contribution >= 0.6 is 8.58 Å². The number of rotatable bonds is 13. The Hall–Kier alpha value is -4.62. The molecule has 1 N–H and O–H groups in total. The number of hydrogen-bond acceptors (Lipinski definition) is 5. The Labute approximate surface area is 261 Å². The summed E-state index contributed by atoms with van der Waals surface area (Å²) in [6.07, 6.45) is -4.04. The molecule has 0 amide bonds. The van der Waals surface area contributed by atoms with Crippen molar-refractivity contribution >= 4 is 30.8 Å². The molecule has 0 saturated carbocycles. The van der Waals surface area contributed by atoms with Gasteiger partial charge in [0, 0.05) is 30.8 Å². The first-order valence-corrected chi connectivity index (χ1v) is 15.8. The molecule has 0 aliphatic heterocycles. The minimum Gasteiger partial charge on any atom is -0.493 e. The molecule has 0 fully saturated rings. The van der Waals surface area contributed by atoms with Crippen LogP contribution in [0, 0.1) is 0 Å². The Morgan fingerprint density at radius 2 is 1.73 bits per heavy atom. The van der Waals surface area contributed by atoms with E-state index in [1.54, 1.807) is 19.2 Å². The molecule has 0 aliphatic rings. The molecule has 0 radical (unpaired) electrons. The van der Waals surface area contributed by atoms with Crippen LogP contribution < -0.4 is 14.8 Å². The maximum Gasteiger partial charge on any atom is 0.416 e. The molecule has 5 aromatic rings. The van der Waals surface area contributed by atoms with E-state index >= 15 is 0 Å². The van der Waals surface area contributed by atoms with Crippen LogP contribution in [0.2, 0.25) is 0 Å². The number of nitrogens with one attached hydrogen (secondary N) is 1. The number of aromatic nitrogens is 2. The molecule has 232 valence electrons. The predicted octanol–water partition coefficient (Wildman–Crippen LogP) is 8.14. The number of halogens is 3. The first kappa shape index (κ1) is 31.8. The van der Waals surface area contributed by atoms with Crippen molar-refractivity contribution in [2.45, 2.75) is 25.7 Å². The lowest BCUT2D eigenvalue weighted by Crippen LogP contribution is -2.15. The minimum absolute atomic E-state index is 0.156. The quantitative estimate of drug-likeness (QED) is 0.133. The molecule has 1 aromatic heterocycles. The fourth-order valence-corrected chi connectivity index (χ4v) is 5.32. The second kappa shape index (κ2) is 14.0. The van der Waals surface area contributed by atoms with E-state index < -0.39 is 11.7 Å². The first-order valence-electron chi connectivity index (χ1n) is 14.3. The molecule has 0 aliphatic carbocycles. The van der Waals surface area contributed by atoms with Crippen LogP contribution in [0.4, 0.5) is 13.2 Å². The third-order valence-corrected chi connectivity index (χ3v) is 8.13. The number of imidazole rings is 1. The molecule has 1 unspecified atom stereocenters. The van der Waals surface area contributed by atoms with Crippen molar-refractivity contribution in [3.8, 4) is 22.9 Å². The van der Waals surface area contributed by atoms with Gasteiger partial charge < -0.3 is 19.4 Å². The van der Waals surface area contributed by atoms with E-state index in [0.29, 0.717) is 59.2 Å². The third kappa shape index (κ3) is 7.73. The van der Waals surface area contributed by atoms with E-state index in [2.05, 4.69) is 11.9 Å². The van der Waals surface area contributed by atoms with Gasteiger partial charge in [0.1, 0.15) is 12.4 Å². The van der Waals surface area contributed by atoms with Gasteiger partial charge in [-0.3, -0.25) is 4.79 Å². The summed E-state index contributed by atoms with van der Waals surface area (Å²) < 4.78 is 54.2. The molecular weight excluding hydrogens is 598 g/mol. The zero-order chi connectivity index (χ0) is 32.0. The van der Waals surface area contributed by atoms with Crippen molar-refractivity contribution in [1.29, 1.82) is 0 Å². The molecule has 0 bridgehead atoms. The predicted molar refractivity (Wildman–Crippen MR) is 174 cm³/mol. The average molecular weight is 632 g/mol. The fraction of sp³-hybridized carbons (Fsp3) is 0.200. The number of carbonyl (C=O) groups is 1. The van der Waals surface area contributed by atoms with E-state index in [-0.39, 0.29) is 20.6 Å². The van der Waals surface area contributed by atoms with E-state index in [1.165, 1.54) is 6.07 Å². The molecule has 6 nitrogen and oxygen atoms in total. The highest BCUT2D eigenvalue weighted by molar-refractivity contribution is 7.57. The van der Waals surface area contributed by atoms with Crippen molar-refractivity contribution in [2.24, 2.45) is 0 Å². The first-order chi connectivity index (χ1) is 21.7. The molecule has 0 spiro atoms. The Morgan fingerprint density at radius 3 is 2.47 bits per heavy atom. The second-order valence-corrected chi connectivity index (χ2v) is 11.4. The van der Waals surface area contributed by atoms with Crippen LogP contribution in [0.5, 0.6) is 11.5 Å². The van der Waals surface area contributed by atoms with Gasteiger partial charge in [0.2, 0.25) is 0 Å². The lowest BCUT2D eigenvalue weighted by atomic mass is 10.1. The summed E-state index contributed by atoms with van der Waals surface area (Å²) in [5, 5.41) is 3.20. The van der Waals surface area contributed by atoms with Gasteiger partial charge in [-0.1, -0.05) is 63.7 Å². The monoisotopic (exact) mass is 631 g/mol. The van der Waals surface area contributed by atoms with Gasteiger partial charge in [-0.15, -0.1) is 0 Å². The number of fused-ring (bicyclic) bond motifs is 1.